The van der Waals surface area contributed by atoms with Gasteiger partial charge in [-0.3, -0.25) is 0 Å². The topological polar surface area (TPSA) is 47.6 Å². The molecule has 0 spiro atoms. The van der Waals surface area contributed by atoms with Crippen LogP contribution in [0.1, 0.15) is 11.1 Å². The Labute approximate surface area is 119 Å². The van der Waals surface area contributed by atoms with Crippen LogP contribution in [0.25, 0.3) is 16.7 Å². The van der Waals surface area contributed by atoms with Gasteiger partial charge in [-0.2, -0.15) is 10.5 Å². The normalized spacial score (nSPS) is 11.2. The summed E-state index contributed by atoms with van der Waals surface area (Å²) in [5, 5.41) is 18.3. The summed E-state index contributed by atoms with van der Waals surface area (Å²) in [6.45, 7) is 0. The van der Waals surface area contributed by atoms with Crippen molar-refractivity contribution < 1.29 is 0 Å². The second-order valence-corrected chi connectivity index (χ2v) is 5.12. The monoisotopic (exact) mass is 306 g/mol. The van der Waals surface area contributed by atoms with Crippen molar-refractivity contribution in [1.82, 2.24) is 0 Å². The van der Waals surface area contributed by atoms with Crippen molar-refractivity contribution in [3.05, 3.63) is 63.6 Å². The van der Waals surface area contributed by atoms with Crippen molar-refractivity contribution in [2.45, 2.75) is 0 Å². The van der Waals surface area contributed by atoms with Gasteiger partial charge in [0.1, 0.15) is 17.7 Å². The molecule has 0 fully saturated rings. The fraction of sp³-hybridized carbons (Fsp3) is 0. The molecule has 0 bridgehead atoms. The first-order valence-electron chi connectivity index (χ1n) is 5.70. The summed E-state index contributed by atoms with van der Waals surface area (Å²) in [4.78, 5) is 0. The van der Waals surface area contributed by atoms with E-state index in [1.807, 2.05) is 54.6 Å². The minimum absolute atomic E-state index is 0.161. The molecule has 0 amide bonds. The van der Waals surface area contributed by atoms with Gasteiger partial charge < -0.3 is 0 Å². The average Bonchev–Trinajstić information content (AvgIpc) is 2.75. The van der Waals surface area contributed by atoms with Gasteiger partial charge in [-0.25, -0.2) is 0 Å². The lowest BCUT2D eigenvalue weighted by Gasteiger charge is -2.02. The maximum absolute atomic E-state index is 9.15. The van der Waals surface area contributed by atoms with Gasteiger partial charge >= 0.3 is 0 Å². The SMILES string of the molecule is N#CC(C#N)=C1c2ccccc2-c2cc(Br)ccc21. The van der Waals surface area contributed by atoms with Gasteiger partial charge in [0.05, 0.1) is 0 Å². The maximum Gasteiger partial charge on any atom is 0.138 e. The van der Waals surface area contributed by atoms with E-state index in [1.165, 1.54) is 0 Å². The molecule has 0 aliphatic heterocycles. The van der Waals surface area contributed by atoms with E-state index >= 15 is 0 Å². The van der Waals surface area contributed by atoms with Crippen LogP contribution >= 0.6 is 15.9 Å². The van der Waals surface area contributed by atoms with Gasteiger partial charge in [0, 0.05) is 10.0 Å². The van der Waals surface area contributed by atoms with E-state index in [0.29, 0.717) is 0 Å². The molecule has 3 rings (SSSR count). The van der Waals surface area contributed by atoms with Crippen molar-refractivity contribution >= 4 is 21.5 Å². The van der Waals surface area contributed by atoms with E-state index in [-0.39, 0.29) is 5.57 Å². The number of benzene rings is 2. The van der Waals surface area contributed by atoms with Gasteiger partial charge in [-0.15, -0.1) is 0 Å². The molecule has 0 aromatic heterocycles. The Hall–Kier alpha value is -2.36. The predicted octanol–water partition coefficient (Wildman–Crippen LogP) is 4.28. The lowest BCUT2D eigenvalue weighted by molar-refractivity contribution is 1.46. The molecule has 0 N–H and O–H groups in total. The van der Waals surface area contributed by atoms with Gasteiger partial charge in [0.2, 0.25) is 0 Å². The molecular weight excluding hydrogens is 300 g/mol. The number of halogens is 1. The van der Waals surface area contributed by atoms with Crippen molar-refractivity contribution in [2.75, 3.05) is 0 Å². The molecule has 1 aliphatic rings. The third-order valence-electron chi connectivity index (χ3n) is 3.21. The Balaban J connectivity index is 2.46. The lowest BCUT2D eigenvalue weighted by atomic mass is 9.99. The van der Waals surface area contributed by atoms with Crippen LogP contribution in [0.3, 0.4) is 0 Å². The summed E-state index contributed by atoms with van der Waals surface area (Å²) < 4.78 is 0.984. The molecule has 0 radical (unpaired) electrons. The number of hydrogen-bond acceptors (Lipinski definition) is 2. The van der Waals surface area contributed by atoms with Crippen LogP contribution in [0, 0.1) is 22.7 Å². The summed E-state index contributed by atoms with van der Waals surface area (Å²) in [6.07, 6.45) is 0. The first-order chi connectivity index (χ1) is 9.26. The lowest BCUT2D eigenvalue weighted by Crippen LogP contribution is -1.86. The fourth-order valence-electron chi connectivity index (χ4n) is 2.44. The molecule has 0 atom stereocenters. The quantitative estimate of drug-likeness (QED) is 0.582. The highest BCUT2D eigenvalue weighted by molar-refractivity contribution is 9.10. The average molecular weight is 307 g/mol. The fourth-order valence-corrected chi connectivity index (χ4v) is 2.81. The highest BCUT2D eigenvalue weighted by Gasteiger charge is 2.26. The van der Waals surface area contributed by atoms with Crippen LogP contribution < -0.4 is 0 Å². The second kappa shape index (κ2) is 4.39. The molecule has 3 heteroatoms. The van der Waals surface area contributed by atoms with Crippen LogP contribution in [0.2, 0.25) is 0 Å². The Bertz CT molecular complexity index is 788. The third-order valence-corrected chi connectivity index (χ3v) is 3.70. The minimum atomic E-state index is 0.161. The molecule has 88 valence electrons. The Morgan fingerprint density at radius 3 is 2.16 bits per heavy atom. The van der Waals surface area contributed by atoms with E-state index in [1.54, 1.807) is 0 Å². The summed E-state index contributed by atoms with van der Waals surface area (Å²) in [5.74, 6) is 0. The number of fused-ring (bicyclic) bond motifs is 3. The predicted molar refractivity (Wildman–Crippen MR) is 76.8 cm³/mol. The minimum Gasteiger partial charge on any atom is -0.192 e. The Morgan fingerprint density at radius 1 is 0.842 bits per heavy atom. The molecule has 0 unspecified atom stereocenters. The molecule has 0 saturated carbocycles. The first kappa shape index (κ1) is 11.7. The maximum atomic E-state index is 9.15. The van der Waals surface area contributed by atoms with Crippen LogP contribution in [0.5, 0.6) is 0 Å². The van der Waals surface area contributed by atoms with Crippen LogP contribution in [-0.2, 0) is 0 Å². The summed E-state index contributed by atoms with van der Waals surface area (Å²) in [5.41, 5.74) is 4.92. The zero-order valence-corrected chi connectivity index (χ0v) is 11.4. The number of hydrogen-bond donors (Lipinski definition) is 0. The smallest absolute Gasteiger partial charge is 0.138 e. The first-order valence-corrected chi connectivity index (χ1v) is 6.49. The molecule has 2 aromatic rings. The van der Waals surface area contributed by atoms with E-state index in [2.05, 4.69) is 15.9 Å². The molecule has 0 heterocycles. The summed E-state index contributed by atoms with van der Waals surface area (Å²) >= 11 is 3.46. The number of nitrogens with zero attached hydrogens (tertiary/aromatic N) is 2. The molecule has 2 nitrogen and oxygen atoms in total. The van der Waals surface area contributed by atoms with E-state index in [9.17, 15) is 0 Å². The van der Waals surface area contributed by atoms with Gasteiger partial charge in [-0.05, 0) is 34.4 Å². The number of rotatable bonds is 0. The molecule has 0 saturated heterocycles. The van der Waals surface area contributed by atoms with Crippen molar-refractivity contribution in [3.63, 3.8) is 0 Å². The van der Waals surface area contributed by atoms with E-state index in [0.717, 1.165) is 32.3 Å². The summed E-state index contributed by atoms with van der Waals surface area (Å²) in [7, 11) is 0. The van der Waals surface area contributed by atoms with Gasteiger partial charge in [0.15, 0.2) is 0 Å². The highest BCUT2D eigenvalue weighted by atomic mass is 79.9. The van der Waals surface area contributed by atoms with E-state index in [4.69, 9.17) is 10.5 Å². The molecular formula is C16H7BrN2. The van der Waals surface area contributed by atoms with Gasteiger partial charge in [-0.1, -0.05) is 46.3 Å². The van der Waals surface area contributed by atoms with Crippen molar-refractivity contribution in [1.29, 1.82) is 10.5 Å². The van der Waals surface area contributed by atoms with Crippen LogP contribution in [0.4, 0.5) is 0 Å². The number of nitriles is 2. The second-order valence-electron chi connectivity index (χ2n) is 4.21. The molecule has 1 aliphatic carbocycles. The highest BCUT2D eigenvalue weighted by Crippen LogP contribution is 2.46. The van der Waals surface area contributed by atoms with Gasteiger partial charge in [0.25, 0.3) is 0 Å². The van der Waals surface area contributed by atoms with E-state index < -0.39 is 0 Å². The molecule has 2 aromatic carbocycles. The third kappa shape index (κ3) is 1.68. The largest absolute Gasteiger partial charge is 0.192 e. The zero-order chi connectivity index (χ0) is 13.4. The summed E-state index contributed by atoms with van der Waals surface area (Å²) in [6, 6.07) is 17.7. The Kier molecular flexibility index (Phi) is 2.71. The van der Waals surface area contributed by atoms with Crippen molar-refractivity contribution in [2.24, 2.45) is 0 Å². The van der Waals surface area contributed by atoms with Crippen molar-refractivity contribution in [3.8, 4) is 23.3 Å². The Morgan fingerprint density at radius 2 is 1.47 bits per heavy atom. The number of allylic oxidation sites excluding steroid dienone is 1. The van der Waals surface area contributed by atoms with Crippen LogP contribution in [-0.4, -0.2) is 0 Å². The molecule has 19 heavy (non-hydrogen) atoms. The van der Waals surface area contributed by atoms with Crippen LogP contribution in [0.15, 0.2) is 52.5 Å². The zero-order valence-electron chi connectivity index (χ0n) is 9.81. The standard InChI is InChI=1S/C16H7BrN2/c17-11-5-6-14-15(7-11)12-3-1-2-4-13(12)16(14)10(8-18)9-19/h1-7H.